The Hall–Kier alpha value is -1.45. The number of hydrogen-bond acceptors (Lipinski definition) is 3. The van der Waals surface area contributed by atoms with Gasteiger partial charge in [0.2, 0.25) is 0 Å². The normalized spacial score (nSPS) is 13.1. The molecule has 0 aliphatic rings. The summed E-state index contributed by atoms with van der Waals surface area (Å²) in [6, 6.07) is 16.2. The van der Waals surface area contributed by atoms with Crippen LogP contribution < -0.4 is 10.6 Å². The number of hydrogen-bond donors (Lipinski definition) is 3. The minimum absolute atomic E-state index is 0.487. The largest absolute Gasteiger partial charge is 0.338 e. The van der Waals surface area contributed by atoms with Gasteiger partial charge in [-0.3, -0.25) is 15.1 Å². The van der Waals surface area contributed by atoms with Crippen molar-refractivity contribution in [2.24, 2.45) is 0 Å². The van der Waals surface area contributed by atoms with Gasteiger partial charge in [-0.05, 0) is 30.2 Å². The van der Waals surface area contributed by atoms with Crippen LogP contribution in [0.1, 0.15) is 12.5 Å². The molecule has 2 aromatic rings. The van der Waals surface area contributed by atoms with Crippen LogP contribution in [0, 0.1) is 0 Å². The van der Waals surface area contributed by atoms with Crippen molar-refractivity contribution >= 4 is 18.0 Å². The molecule has 0 aliphatic heterocycles. The van der Waals surface area contributed by atoms with Gasteiger partial charge in [0.25, 0.3) is 7.37 Å². The van der Waals surface area contributed by atoms with Gasteiger partial charge in [0.05, 0.1) is 0 Å². The average Bonchev–Trinajstić information content (AvgIpc) is 2.50. The summed E-state index contributed by atoms with van der Waals surface area (Å²) in [6.07, 6.45) is 0.757. The number of rotatable bonds is 3. The van der Waals surface area contributed by atoms with Gasteiger partial charge in [0.15, 0.2) is 0 Å². The molecular weight excluding hydrogens is 263 g/mol. The highest BCUT2D eigenvalue weighted by Gasteiger charge is 2.25. The van der Waals surface area contributed by atoms with E-state index in [1.54, 1.807) is 36.4 Å². The second-order valence-corrected chi connectivity index (χ2v) is 6.04. The Morgan fingerprint density at radius 1 is 0.947 bits per heavy atom. The van der Waals surface area contributed by atoms with E-state index in [4.69, 9.17) is 10.5 Å². The predicted molar refractivity (Wildman–Crippen MR) is 76.6 cm³/mol. The summed E-state index contributed by atoms with van der Waals surface area (Å²) < 4.78 is 12.6. The fraction of sp³-hybridized carbons (Fsp3) is 0.143. The molecule has 0 aromatic heterocycles. The van der Waals surface area contributed by atoms with Crippen molar-refractivity contribution in [2.45, 2.75) is 13.3 Å². The van der Waals surface area contributed by atoms with Crippen LogP contribution in [0.3, 0.4) is 0 Å². The molecule has 2 aromatic carbocycles. The minimum atomic E-state index is -3.45. The Morgan fingerprint density at radius 2 is 1.47 bits per heavy atom. The van der Waals surface area contributed by atoms with Crippen molar-refractivity contribution < 1.29 is 20.0 Å². The van der Waals surface area contributed by atoms with Crippen molar-refractivity contribution in [1.29, 1.82) is 0 Å². The third-order valence-corrected chi connectivity index (χ3v) is 4.89. The summed E-state index contributed by atoms with van der Waals surface area (Å²) in [5.74, 6) is 0. The Morgan fingerprint density at radius 3 is 2.05 bits per heavy atom. The van der Waals surface area contributed by atoms with Crippen LogP contribution >= 0.6 is 7.37 Å². The van der Waals surface area contributed by atoms with Crippen LogP contribution in [0.5, 0.6) is 0 Å². The molecule has 0 spiro atoms. The molecule has 2 rings (SSSR count). The summed E-state index contributed by atoms with van der Waals surface area (Å²) in [5.41, 5.74) is 0.933. The van der Waals surface area contributed by atoms with Crippen molar-refractivity contribution in [1.82, 2.24) is 0 Å². The molecule has 0 amide bonds. The maximum atomic E-state index is 12.6. The van der Waals surface area contributed by atoms with E-state index in [1.807, 2.05) is 25.1 Å². The molecule has 0 saturated carbocycles. The SMILES string of the molecule is CCc1ccccc1P(=O)(O)c1ccccc1.OO. The lowest BCUT2D eigenvalue weighted by atomic mass is 10.2. The lowest BCUT2D eigenvalue weighted by Gasteiger charge is -2.15. The zero-order chi connectivity index (χ0) is 14.3. The van der Waals surface area contributed by atoms with Gasteiger partial charge < -0.3 is 4.89 Å². The van der Waals surface area contributed by atoms with E-state index < -0.39 is 7.37 Å². The molecular formula is C14H17O4P. The monoisotopic (exact) mass is 280 g/mol. The van der Waals surface area contributed by atoms with E-state index in [2.05, 4.69) is 0 Å². The fourth-order valence-corrected chi connectivity index (χ4v) is 3.64. The standard InChI is InChI=1S/C14H15O2P.H2O2/c1-2-12-8-6-7-11-14(12)17(15,16)13-9-4-3-5-10-13;1-2/h3-11H,2H2,1H3,(H,15,16);1-2H. The third kappa shape index (κ3) is 3.52. The van der Waals surface area contributed by atoms with E-state index in [0.717, 1.165) is 12.0 Å². The van der Waals surface area contributed by atoms with Crippen LogP contribution in [0.2, 0.25) is 0 Å². The molecule has 102 valence electrons. The van der Waals surface area contributed by atoms with Crippen LogP contribution in [0.15, 0.2) is 54.6 Å². The molecule has 0 heterocycles. The predicted octanol–water partition coefficient (Wildman–Crippen LogP) is 2.49. The third-order valence-electron chi connectivity index (χ3n) is 2.81. The van der Waals surface area contributed by atoms with Crippen LogP contribution in [0.25, 0.3) is 0 Å². The van der Waals surface area contributed by atoms with Gasteiger partial charge >= 0.3 is 0 Å². The number of benzene rings is 2. The maximum absolute atomic E-state index is 12.6. The lowest BCUT2D eigenvalue weighted by Crippen LogP contribution is -2.18. The minimum Gasteiger partial charge on any atom is -0.338 e. The smallest absolute Gasteiger partial charge is 0.259 e. The topological polar surface area (TPSA) is 77.8 Å². The molecule has 3 N–H and O–H groups in total. The summed E-state index contributed by atoms with van der Waals surface area (Å²) in [5, 5.41) is 13.0. The second kappa shape index (κ2) is 7.22. The van der Waals surface area contributed by atoms with Crippen LogP contribution in [-0.4, -0.2) is 15.4 Å². The second-order valence-electron chi connectivity index (χ2n) is 3.89. The molecule has 0 bridgehead atoms. The van der Waals surface area contributed by atoms with Crippen molar-refractivity contribution in [3.63, 3.8) is 0 Å². The molecule has 4 nitrogen and oxygen atoms in total. The Kier molecular flexibility index (Phi) is 5.93. The average molecular weight is 280 g/mol. The van der Waals surface area contributed by atoms with E-state index in [1.165, 1.54) is 0 Å². The molecule has 1 atom stereocenters. The van der Waals surface area contributed by atoms with E-state index in [-0.39, 0.29) is 0 Å². The molecule has 0 fully saturated rings. The van der Waals surface area contributed by atoms with Crippen molar-refractivity contribution in [2.75, 3.05) is 0 Å². The van der Waals surface area contributed by atoms with Gasteiger partial charge in [0.1, 0.15) is 0 Å². The Balaban J connectivity index is 0.000000861. The summed E-state index contributed by atoms with van der Waals surface area (Å²) in [7, 11) is -3.45. The molecule has 0 radical (unpaired) electrons. The van der Waals surface area contributed by atoms with Crippen molar-refractivity contribution in [3.05, 3.63) is 60.2 Å². The van der Waals surface area contributed by atoms with E-state index in [9.17, 15) is 9.46 Å². The highest BCUT2D eigenvalue weighted by molar-refractivity contribution is 7.73. The highest BCUT2D eigenvalue weighted by atomic mass is 31.2. The quantitative estimate of drug-likeness (QED) is 0.458. The van der Waals surface area contributed by atoms with Gasteiger partial charge in [-0.15, -0.1) is 0 Å². The molecule has 1 unspecified atom stereocenters. The zero-order valence-corrected chi connectivity index (χ0v) is 11.5. The highest BCUT2D eigenvalue weighted by Crippen LogP contribution is 2.39. The first-order valence-corrected chi connectivity index (χ1v) is 7.49. The Labute approximate surface area is 112 Å². The van der Waals surface area contributed by atoms with Crippen LogP contribution in [0.4, 0.5) is 0 Å². The zero-order valence-electron chi connectivity index (χ0n) is 10.6. The number of aryl methyl sites for hydroxylation is 1. The first-order chi connectivity index (χ1) is 9.16. The van der Waals surface area contributed by atoms with Gasteiger partial charge in [-0.2, -0.15) is 0 Å². The summed E-state index contributed by atoms with van der Waals surface area (Å²) in [4.78, 5) is 10.3. The van der Waals surface area contributed by atoms with E-state index in [0.29, 0.717) is 10.6 Å². The first kappa shape index (κ1) is 15.6. The molecule has 5 heteroatoms. The van der Waals surface area contributed by atoms with Gasteiger partial charge in [-0.1, -0.05) is 43.3 Å². The maximum Gasteiger partial charge on any atom is 0.259 e. The lowest BCUT2D eigenvalue weighted by molar-refractivity contribution is -0.176. The summed E-state index contributed by atoms with van der Waals surface area (Å²) >= 11 is 0. The molecule has 19 heavy (non-hydrogen) atoms. The van der Waals surface area contributed by atoms with Crippen molar-refractivity contribution in [3.8, 4) is 0 Å². The molecule has 0 aliphatic carbocycles. The van der Waals surface area contributed by atoms with Gasteiger partial charge in [-0.25, -0.2) is 0 Å². The first-order valence-electron chi connectivity index (χ1n) is 5.83. The molecule has 0 saturated heterocycles. The van der Waals surface area contributed by atoms with Crippen LogP contribution in [-0.2, 0) is 11.0 Å². The summed E-state index contributed by atoms with van der Waals surface area (Å²) in [6.45, 7) is 1.99. The van der Waals surface area contributed by atoms with Gasteiger partial charge in [0, 0.05) is 10.6 Å². The fourth-order valence-electron chi connectivity index (χ4n) is 1.87. The van der Waals surface area contributed by atoms with E-state index >= 15 is 0 Å². The Bertz CT molecular complexity index is 554.